The summed E-state index contributed by atoms with van der Waals surface area (Å²) in [5, 5.41) is 3.30. The third-order valence-corrected chi connectivity index (χ3v) is 4.25. The van der Waals surface area contributed by atoms with E-state index >= 15 is 0 Å². The van der Waals surface area contributed by atoms with Crippen molar-refractivity contribution in [2.75, 3.05) is 33.2 Å². The Morgan fingerprint density at radius 1 is 1.30 bits per heavy atom. The molecule has 2 fully saturated rings. The van der Waals surface area contributed by atoms with Crippen LogP contribution in [0.1, 0.15) is 38.5 Å². The molecule has 1 N–H and O–H groups in total. The molecule has 0 unspecified atom stereocenters. The molecule has 2 amide bonds. The van der Waals surface area contributed by atoms with Crippen molar-refractivity contribution in [3.63, 3.8) is 0 Å². The molecule has 0 aliphatic carbocycles. The Balaban J connectivity index is 0.00000200. The summed E-state index contributed by atoms with van der Waals surface area (Å²) in [6.45, 7) is 2.96. The Morgan fingerprint density at radius 3 is 2.70 bits per heavy atom. The smallest absolute Gasteiger partial charge is 0.242 e. The van der Waals surface area contributed by atoms with E-state index in [4.69, 9.17) is 0 Å². The summed E-state index contributed by atoms with van der Waals surface area (Å²) in [5.74, 6) is 0.228. The minimum Gasteiger partial charge on any atom is -0.341 e. The lowest BCUT2D eigenvalue weighted by molar-refractivity contribution is -0.140. The fourth-order valence-corrected chi connectivity index (χ4v) is 2.88. The van der Waals surface area contributed by atoms with Crippen LogP contribution in [0.15, 0.2) is 0 Å². The first-order valence-electron chi connectivity index (χ1n) is 7.42. The molecule has 116 valence electrons. The average Bonchev–Trinajstić information content (AvgIpc) is 2.64. The minimum absolute atomic E-state index is 0. The standard InChI is InChI=1S/C14H25N3O2.ClH/c1-16(12-6-8-15-9-7-12)14(19)11-17-10-4-2-3-5-13(17)18;/h12,15H,2-11H2,1H3;1H. The quantitative estimate of drug-likeness (QED) is 0.847. The van der Waals surface area contributed by atoms with Crippen LogP contribution in [0.3, 0.4) is 0 Å². The Morgan fingerprint density at radius 2 is 2.00 bits per heavy atom. The number of nitrogens with one attached hydrogen (secondary N) is 1. The molecule has 0 radical (unpaired) electrons. The lowest BCUT2D eigenvalue weighted by Crippen LogP contribution is -2.48. The highest BCUT2D eigenvalue weighted by Crippen LogP contribution is 2.13. The third-order valence-electron chi connectivity index (χ3n) is 4.25. The van der Waals surface area contributed by atoms with Gasteiger partial charge in [-0.1, -0.05) is 6.42 Å². The number of halogens is 1. The SMILES string of the molecule is CN(C(=O)CN1CCCCCC1=O)C1CCNCC1.Cl. The van der Waals surface area contributed by atoms with Crippen molar-refractivity contribution in [1.29, 1.82) is 0 Å². The molecule has 0 aromatic heterocycles. The second kappa shape index (κ2) is 8.47. The molecule has 2 saturated heterocycles. The molecule has 2 rings (SSSR count). The van der Waals surface area contributed by atoms with Gasteiger partial charge in [-0.05, 0) is 38.8 Å². The first-order chi connectivity index (χ1) is 9.18. The van der Waals surface area contributed by atoms with Crippen LogP contribution in [0, 0.1) is 0 Å². The van der Waals surface area contributed by atoms with Crippen LogP contribution in [-0.2, 0) is 9.59 Å². The van der Waals surface area contributed by atoms with Gasteiger partial charge in [0.2, 0.25) is 11.8 Å². The number of carbonyl (C=O) groups is 2. The Kier molecular flexibility index (Phi) is 7.30. The van der Waals surface area contributed by atoms with Gasteiger partial charge in [0.05, 0.1) is 6.54 Å². The summed E-state index contributed by atoms with van der Waals surface area (Å²) in [6, 6.07) is 0.329. The molecule has 6 heteroatoms. The summed E-state index contributed by atoms with van der Waals surface area (Å²) in [4.78, 5) is 27.8. The number of amides is 2. The van der Waals surface area contributed by atoms with Gasteiger partial charge in [-0.2, -0.15) is 0 Å². The molecular weight excluding hydrogens is 278 g/mol. The second-order valence-electron chi connectivity index (χ2n) is 5.61. The monoisotopic (exact) mass is 303 g/mol. The average molecular weight is 304 g/mol. The van der Waals surface area contributed by atoms with Gasteiger partial charge in [0.25, 0.3) is 0 Å². The zero-order valence-corrected chi connectivity index (χ0v) is 13.1. The van der Waals surface area contributed by atoms with E-state index in [1.54, 1.807) is 4.90 Å². The number of rotatable bonds is 3. The largest absolute Gasteiger partial charge is 0.341 e. The van der Waals surface area contributed by atoms with Crippen molar-refractivity contribution < 1.29 is 9.59 Å². The van der Waals surface area contributed by atoms with Crippen LogP contribution in [0.25, 0.3) is 0 Å². The van der Waals surface area contributed by atoms with Gasteiger partial charge in [-0.3, -0.25) is 9.59 Å². The van der Waals surface area contributed by atoms with Crippen LogP contribution in [0.5, 0.6) is 0 Å². The van der Waals surface area contributed by atoms with Crippen molar-refractivity contribution in [1.82, 2.24) is 15.1 Å². The Labute approximate surface area is 127 Å². The predicted molar refractivity (Wildman–Crippen MR) is 81.0 cm³/mol. The van der Waals surface area contributed by atoms with Gasteiger partial charge in [0, 0.05) is 26.1 Å². The van der Waals surface area contributed by atoms with Crippen LogP contribution in [0.4, 0.5) is 0 Å². The highest BCUT2D eigenvalue weighted by Gasteiger charge is 2.25. The van der Waals surface area contributed by atoms with E-state index < -0.39 is 0 Å². The molecule has 0 spiro atoms. The van der Waals surface area contributed by atoms with Crippen molar-refractivity contribution >= 4 is 24.2 Å². The summed E-state index contributed by atoms with van der Waals surface area (Å²) in [7, 11) is 1.88. The topological polar surface area (TPSA) is 52.7 Å². The number of carbonyl (C=O) groups excluding carboxylic acids is 2. The van der Waals surface area contributed by atoms with Gasteiger partial charge < -0.3 is 15.1 Å². The van der Waals surface area contributed by atoms with E-state index in [2.05, 4.69) is 5.32 Å². The first kappa shape index (κ1) is 17.2. The van der Waals surface area contributed by atoms with Gasteiger partial charge >= 0.3 is 0 Å². The molecule has 0 aromatic rings. The van der Waals surface area contributed by atoms with Crippen LogP contribution in [0.2, 0.25) is 0 Å². The molecule has 2 heterocycles. The third kappa shape index (κ3) is 4.63. The zero-order chi connectivity index (χ0) is 13.7. The molecule has 2 aliphatic rings. The maximum Gasteiger partial charge on any atom is 0.242 e. The molecule has 0 aromatic carbocycles. The van der Waals surface area contributed by atoms with Crippen molar-refractivity contribution in [2.45, 2.75) is 44.6 Å². The summed E-state index contributed by atoms with van der Waals surface area (Å²) >= 11 is 0. The maximum absolute atomic E-state index is 12.3. The minimum atomic E-state index is 0. The summed E-state index contributed by atoms with van der Waals surface area (Å²) in [6.07, 6.45) is 5.71. The molecule has 0 bridgehead atoms. The fourth-order valence-electron chi connectivity index (χ4n) is 2.88. The van der Waals surface area contributed by atoms with E-state index in [-0.39, 0.29) is 30.8 Å². The molecule has 5 nitrogen and oxygen atoms in total. The molecular formula is C14H26ClN3O2. The fraction of sp³-hybridized carbons (Fsp3) is 0.857. The molecule has 2 aliphatic heterocycles. The van der Waals surface area contributed by atoms with E-state index in [1.807, 2.05) is 11.9 Å². The van der Waals surface area contributed by atoms with Gasteiger partial charge in [0.15, 0.2) is 0 Å². The number of nitrogens with zero attached hydrogens (tertiary/aromatic N) is 2. The molecule has 0 saturated carbocycles. The van der Waals surface area contributed by atoms with E-state index in [1.165, 1.54) is 0 Å². The number of hydrogen-bond donors (Lipinski definition) is 1. The van der Waals surface area contributed by atoms with Crippen molar-refractivity contribution in [3.05, 3.63) is 0 Å². The molecule has 0 atom stereocenters. The van der Waals surface area contributed by atoms with Gasteiger partial charge in [-0.25, -0.2) is 0 Å². The van der Waals surface area contributed by atoms with Crippen LogP contribution in [-0.4, -0.2) is 60.9 Å². The number of likely N-dealkylation sites (N-methyl/N-ethyl adjacent to an activating group) is 1. The molecule has 20 heavy (non-hydrogen) atoms. The van der Waals surface area contributed by atoms with Crippen LogP contribution >= 0.6 is 12.4 Å². The zero-order valence-electron chi connectivity index (χ0n) is 12.3. The summed E-state index contributed by atoms with van der Waals surface area (Å²) in [5.41, 5.74) is 0. The lowest BCUT2D eigenvalue weighted by atomic mass is 10.1. The lowest BCUT2D eigenvalue weighted by Gasteiger charge is -2.33. The van der Waals surface area contributed by atoms with Gasteiger partial charge in [-0.15, -0.1) is 12.4 Å². The predicted octanol–water partition coefficient (Wildman–Crippen LogP) is 1.02. The van der Waals surface area contributed by atoms with Crippen molar-refractivity contribution in [3.8, 4) is 0 Å². The number of hydrogen-bond acceptors (Lipinski definition) is 3. The highest BCUT2D eigenvalue weighted by molar-refractivity contribution is 5.85. The van der Waals surface area contributed by atoms with E-state index in [0.717, 1.165) is 51.7 Å². The normalized spacial score (nSPS) is 21.1. The first-order valence-corrected chi connectivity index (χ1v) is 7.42. The maximum atomic E-state index is 12.3. The van der Waals surface area contributed by atoms with E-state index in [0.29, 0.717) is 12.5 Å². The Bertz CT molecular complexity index is 332. The number of piperidine rings is 1. The van der Waals surface area contributed by atoms with E-state index in [9.17, 15) is 9.59 Å². The van der Waals surface area contributed by atoms with Gasteiger partial charge in [0.1, 0.15) is 0 Å². The number of likely N-dealkylation sites (tertiary alicyclic amines) is 1. The summed E-state index contributed by atoms with van der Waals surface area (Å²) < 4.78 is 0. The van der Waals surface area contributed by atoms with Crippen molar-refractivity contribution in [2.24, 2.45) is 0 Å². The highest BCUT2D eigenvalue weighted by atomic mass is 35.5. The Hall–Kier alpha value is -0.810. The van der Waals surface area contributed by atoms with Crippen LogP contribution < -0.4 is 5.32 Å². The second-order valence-corrected chi connectivity index (χ2v) is 5.61.